The fourth-order valence-electron chi connectivity index (χ4n) is 4.25. The smallest absolute Gasteiger partial charge is 0.256 e. The van der Waals surface area contributed by atoms with Gasteiger partial charge in [0.2, 0.25) is 5.91 Å². The van der Waals surface area contributed by atoms with E-state index in [0.29, 0.717) is 32.8 Å². The van der Waals surface area contributed by atoms with Crippen molar-refractivity contribution in [3.8, 4) is 0 Å². The van der Waals surface area contributed by atoms with Gasteiger partial charge in [-0.05, 0) is 25.8 Å². The molecule has 6 heteroatoms. The first-order chi connectivity index (χ1) is 13.2. The van der Waals surface area contributed by atoms with E-state index in [9.17, 15) is 9.59 Å². The van der Waals surface area contributed by atoms with Crippen molar-refractivity contribution >= 4 is 22.7 Å². The van der Waals surface area contributed by atoms with Crippen molar-refractivity contribution in [2.24, 2.45) is 5.92 Å². The average molecular weight is 369 g/mol. The van der Waals surface area contributed by atoms with Crippen LogP contribution in [0, 0.1) is 5.92 Å². The predicted octanol–water partition coefficient (Wildman–Crippen LogP) is 2.37. The second-order valence-corrected chi connectivity index (χ2v) is 7.37. The lowest BCUT2D eigenvalue weighted by molar-refractivity contribution is -0.141. The first-order valence-corrected chi connectivity index (χ1v) is 9.92. The SMILES string of the molecule is CCn1cc(C(=O)N2CCCC(C(=O)N3CCOCC3)C2)c2ccccc21. The van der Waals surface area contributed by atoms with Crippen molar-refractivity contribution in [3.63, 3.8) is 0 Å². The lowest BCUT2D eigenvalue weighted by atomic mass is 9.95. The van der Waals surface area contributed by atoms with E-state index >= 15 is 0 Å². The monoisotopic (exact) mass is 369 g/mol. The third kappa shape index (κ3) is 3.46. The standard InChI is InChI=1S/C21H27N3O3/c1-2-22-15-18(17-7-3-4-8-19(17)22)21(26)24-9-5-6-16(14-24)20(25)23-10-12-27-13-11-23/h3-4,7-8,15-16H,2,5-6,9-14H2,1H3. The number of hydrogen-bond donors (Lipinski definition) is 0. The number of carbonyl (C=O) groups excluding carboxylic acids is 2. The van der Waals surface area contributed by atoms with E-state index in [2.05, 4.69) is 17.6 Å². The van der Waals surface area contributed by atoms with Crippen molar-refractivity contribution in [1.29, 1.82) is 0 Å². The quantitative estimate of drug-likeness (QED) is 0.835. The lowest BCUT2D eigenvalue weighted by Gasteiger charge is -2.36. The minimum absolute atomic E-state index is 0.0397. The summed E-state index contributed by atoms with van der Waals surface area (Å²) in [4.78, 5) is 29.9. The molecule has 0 aliphatic carbocycles. The fourth-order valence-corrected chi connectivity index (χ4v) is 4.25. The molecule has 2 aliphatic heterocycles. The Morgan fingerprint density at radius 2 is 1.89 bits per heavy atom. The number of carbonyl (C=O) groups is 2. The molecule has 6 nitrogen and oxygen atoms in total. The number of amides is 2. The van der Waals surface area contributed by atoms with Gasteiger partial charge in [0, 0.05) is 49.8 Å². The molecule has 2 fully saturated rings. The number of ether oxygens (including phenoxy) is 1. The van der Waals surface area contributed by atoms with Gasteiger partial charge in [-0.3, -0.25) is 9.59 Å². The van der Waals surface area contributed by atoms with Crippen LogP contribution in [0.4, 0.5) is 0 Å². The zero-order chi connectivity index (χ0) is 18.8. The summed E-state index contributed by atoms with van der Waals surface area (Å²) < 4.78 is 7.46. The van der Waals surface area contributed by atoms with Crippen molar-refractivity contribution in [1.82, 2.24) is 14.4 Å². The van der Waals surface area contributed by atoms with Crippen LogP contribution in [0.2, 0.25) is 0 Å². The number of hydrogen-bond acceptors (Lipinski definition) is 3. The maximum Gasteiger partial charge on any atom is 0.256 e. The van der Waals surface area contributed by atoms with Gasteiger partial charge in [-0.1, -0.05) is 18.2 Å². The number of fused-ring (bicyclic) bond motifs is 1. The summed E-state index contributed by atoms with van der Waals surface area (Å²) in [5.74, 6) is 0.116. The molecule has 1 aromatic carbocycles. The second-order valence-electron chi connectivity index (χ2n) is 7.37. The molecule has 0 radical (unpaired) electrons. The summed E-state index contributed by atoms with van der Waals surface area (Å²) in [6, 6.07) is 8.03. The molecule has 3 heterocycles. The maximum absolute atomic E-state index is 13.3. The number of likely N-dealkylation sites (tertiary alicyclic amines) is 1. The van der Waals surface area contributed by atoms with Gasteiger partial charge in [-0.25, -0.2) is 0 Å². The van der Waals surface area contributed by atoms with Gasteiger partial charge in [0.1, 0.15) is 0 Å². The highest BCUT2D eigenvalue weighted by Gasteiger charge is 2.32. The van der Waals surface area contributed by atoms with E-state index < -0.39 is 0 Å². The molecule has 2 saturated heterocycles. The Labute approximate surface area is 159 Å². The molecular weight excluding hydrogens is 342 g/mol. The molecule has 1 atom stereocenters. The molecule has 2 aliphatic rings. The number of morpholine rings is 1. The Bertz CT molecular complexity index is 838. The predicted molar refractivity (Wildman–Crippen MR) is 104 cm³/mol. The largest absolute Gasteiger partial charge is 0.378 e. The number of benzene rings is 1. The van der Waals surface area contributed by atoms with Gasteiger partial charge in [-0.15, -0.1) is 0 Å². The highest BCUT2D eigenvalue weighted by Crippen LogP contribution is 2.26. The molecule has 2 amide bonds. The van der Waals surface area contributed by atoms with Gasteiger partial charge in [-0.2, -0.15) is 0 Å². The van der Waals surface area contributed by atoms with Gasteiger partial charge in [0.25, 0.3) is 5.91 Å². The highest BCUT2D eigenvalue weighted by atomic mass is 16.5. The van der Waals surface area contributed by atoms with Crippen molar-refractivity contribution < 1.29 is 14.3 Å². The number of piperidine rings is 1. The fraction of sp³-hybridized carbons (Fsp3) is 0.524. The van der Waals surface area contributed by atoms with Gasteiger partial charge < -0.3 is 19.1 Å². The number of aromatic nitrogens is 1. The molecule has 1 aromatic heterocycles. The van der Waals surface area contributed by atoms with E-state index in [4.69, 9.17) is 4.74 Å². The summed E-state index contributed by atoms with van der Waals surface area (Å²) in [6.45, 7) is 6.68. The summed E-state index contributed by atoms with van der Waals surface area (Å²) in [5, 5.41) is 0.992. The number of aryl methyl sites for hydroxylation is 1. The Hall–Kier alpha value is -2.34. The van der Waals surface area contributed by atoms with E-state index in [-0.39, 0.29) is 17.7 Å². The average Bonchev–Trinajstić information content (AvgIpc) is 3.12. The Morgan fingerprint density at radius 1 is 1.11 bits per heavy atom. The van der Waals surface area contributed by atoms with Crippen LogP contribution < -0.4 is 0 Å². The van der Waals surface area contributed by atoms with Crippen LogP contribution in [0.1, 0.15) is 30.1 Å². The number of nitrogens with zero attached hydrogens (tertiary/aromatic N) is 3. The van der Waals surface area contributed by atoms with Crippen LogP contribution in [-0.4, -0.2) is 65.6 Å². The summed E-state index contributed by atoms with van der Waals surface area (Å²) in [6.07, 6.45) is 3.69. The first-order valence-electron chi connectivity index (χ1n) is 9.92. The maximum atomic E-state index is 13.3. The minimum Gasteiger partial charge on any atom is -0.378 e. The number of para-hydroxylation sites is 1. The van der Waals surface area contributed by atoms with Crippen LogP contribution in [0.3, 0.4) is 0 Å². The Kier molecular flexibility index (Phi) is 5.16. The molecule has 144 valence electrons. The second kappa shape index (κ2) is 7.72. The summed E-state index contributed by atoms with van der Waals surface area (Å²) >= 11 is 0. The molecule has 27 heavy (non-hydrogen) atoms. The van der Waals surface area contributed by atoms with Crippen LogP contribution in [0.5, 0.6) is 0 Å². The first kappa shape index (κ1) is 18.0. The zero-order valence-electron chi connectivity index (χ0n) is 15.9. The number of rotatable bonds is 3. The molecule has 1 unspecified atom stereocenters. The van der Waals surface area contributed by atoms with Crippen LogP contribution in [0.15, 0.2) is 30.5 Å². The van der Waals surface area contributed by atoms with Gasteiger partial charge in [0.05, 0.1) is 24.7 Å². The topological polar surface area (TPSA) is 54.8 Å². The summed E-state index contributed by atoms with van der Waals surface area (Å²) in [7, 11) is 0. The molecule has 0 N–H and O–H groups in total. The van der Waals surface area contributed by atoms with Crippen LogP contribution in [0.25, 0.3) is 10.9 Å². The van der Waals surface area contributed by atoms with Crippen molar-refractivity contribution in [2.75, 3.05) is 39.4 Å². The Balaban J connectivity index is 1.53. The van der Waals surface area contributed by atoms with Crippen LogP contribution >= 0.6 is 0 Å². The molecule has 0 bridgehead atoms. The van der Waals surface area contributed by atoms with E-state index in [0.717, 1.165) is 42.4 Å². The van der Waals surface area contributed by atoms with Crippen LogP contribution in [-0.2, 0) is 16.1 Å². The normalized spacial score (nSPS) is 20.9. The lowest BCUT2D eigenvalue weighted by Crippen LogP contribution is -2.49. The molecule has 0 saturated carbocycles. The molecule has 4 rings (SSSR count). The third-order valence-electron chi connectivity index (χ3n) is 5.74. The van der Waals surface area contributed by atoms with Gasteiger partial charge in [0.15, 0.2) is 0 Å². The Morgan fingerprint density at radius 3 is 2.67 bits per heavy atom. The van der Waals surface area contributed by atoms with Gasteiger partial charge >= 0.3 is 0 Å². The molecule has 2 aromatic rings. The zero-order valence-corrected chi connectivity index (χ0v) is 15.9. The minimum atomic E-state index is -0.0969. The van der Waals surface area contributed by atoms with Crippen molar-refractivity contribution in [3.05, 3.63) is 36.0 Å². The highest BCUT2D eigenvalue weighted by molar-refractivity contribution is 6.07. The van der Waals surface area contributed by atoms with E-state index in [1.165, 1.54) is 0 Å². The summed E-state index contributed by atoms with van der Waals surface area (Å²) in [5.41, 5.74) is 1.83. The molecule has 0 spiro atoms. The van der Waals surface area contributed by atoms with E-state index in [1.807, 2.05) is 34.2 Å². The van der Waals surface area contributed by atoms with Crippen molar-refractivity contribution in [2.45, 2.75) is 26.3 Å². The van der Waals surface area contributed by atoms with E-state index in [1.54, 1.807) is 0 Å². The third-order valence-corrected chi connectivity index (χ3v) is 5.74. The molecular formula is C21H27N3O3.